The molecule has 0 saturated carbocycles. The highest BCUT2D eigenvalue weighted by molar-refractivity contribution is 8.13. The lowest BCUT2D eigenvalue weighted by molar-refractivity contribution is -0.115. The van der Waals surface area contributed by atoms with E-state index >= 15 is 0 Å². The molecule has 0 radical (unpaired) electrons. The molecule has 1 aliphatic rings. The smallest absolute Gasteiger partial charge is 0.275 e. The van der Waals surface area contributed by atoms with Crippen molar-refractivity contribution in [1.82, 2.24) is 10.3 Å². The molecule has 1 aromatic heterocycles. The average molecular weight is 295 g/mol. The van der Waals surface area contributed by atoms with Gasteiger partial charge in [0.05, 0.1) is 5.69 Å². The van der Waals surface area contributed by atoms with Crippen LogP contribution in [0.1, 0.15) is 11.3 Å². The Morgan fingerprint density at radius 1 is 1.10 bits per heavy atom. The summed E-state index contributed by atoms with van der Waals surface area (Å²) >= 11 is 1.47. The van der Waals surface area contributed by atoms with Crippen molar-refractivity contribution in [1.29, 1.82) is 0 Å². The van der Waals surface area contributed by atoms with Crippen molar-refractivity contribution in [2.45, 2.75) is 5.75 Å². The Labute approximate surface area is 127 Å². The highest BCUT2D eigenvalue weighted by Crippen LogP contribution is 2.18. The number of amides is 1. The van der Waals surface area contributed by atoms with Gasteiger partial charge in [-0.25, -0.2) is 4.99 Å². The number of hydrogen-bond acceptors (Lipinski definition) is 4. The molecule has 5 heteroatoms. The van der Waals surface area contributed by atoms with Crippen LogP contribution in [0.5, 0.6) is 0 Å². The number of aromatic nitrogens is 1. The number of aliphatic imine (C=N–C) groups is 1. The van der Waals surface area contributed by atoms with E-state index in [2.05, 4.69) is 15.3 Å². The van der Waals surface area contributed by atoms with Crippen LogP contribution in [0.15, 0.2) is 65.4 Å². The van der Waals surface area contributed by atoms with Gasteiger partial charge in [0.25, 0.3) is 5.91 Å². The number of rotatable bonds is 3. The van der Waals surface area contributed by atoms with Crippen molar-refractivity contribution >= 4 is 28.9 Å². The van der Waals surface area contributed by atoms with Crippen LogP contribution in [0.2, 0.25) is 0 Å². The Hall–Kier alpha value is -2.40. The fourth-order valence-corrected chi connectivity index (χ4v) is 2.63. The van der Waals surface area contributed by atoms with Crippen molar-refractivity contribution in [3.8, 4) is 0 Å². The van der Waals surface area contributed by atoms with Gasteiger partial charge in [-0.15, -0.1) is 0 Å². The van der Waals surface area contributed by atoms with E-state index in [0.717, 1.165) is 11.3 Å². The summed E-state index contributed by atoms with van der Waals surface area (Å²) in [5.41, 5.74) is 2.35. The topological polar surface area (TPSA) is 54.4 Å². The number of benzene rings is 1. The fourth-order valence-electron chi connectivity index (χ4n) is 1.85. The summed E-state index contributed by atoms with van der Waals surface area (Å²) in [7, 11) is 0. The summed E-state index contributed by atoms with van der Waals surface area (Å²) in [6.45, 7) is 0. The van der Waals surface area contributed by atoms with Gasteiger partial charge in [-0.3, -0.25) is 15.1 Å². The zero-order valence-corrected chi connectivity index (χ0v) is 12.0. The number of carbonyl (C=O) groups excluding carboxylic acids is 1. The monoisotopic (exact) mass is 295 g/mol. The molecule has 1 aromatic carbocycles. The minimum absolute atomic E-state index is 0.164. The van der Waals surface area contributed by atoms with Crippen LogP contribution in [-0.2, 0) is 10.5 Å². The Morgan fingerprint density at radius 2 is 1.90 bits per heavy atom. The minimum Gasteiger partial charge on any atom is -0.300 e. The van der Waals surface area contributed by atoms with E-state index in [-0.39, 0.29) is 5.91 Å². The van der Waals surface area contributed by atoms with Crippen LogP contribution in [0.3, 0.4) is 0 Å². The van der Waals surface area contributed by atoms with Gasteiger partial charge >= 0.3 is 0 Å². The van der Waals surface area contributed by atoms with E-state index in [1.807, 2.05) is 48.5 Å². The summed E-state index contributed by atoms with van der Waals surface area (Å²) in [6, 6.07) is 15.4. The quantitative estimate of drug-likeness (QED) is 0.886. The molecule has 4 nitrogen and oxygen atoms in total. The molecular formula is C16H13N3OS. The molecule has 0 bridgehead atoms. The summed E-state index contributed by atoms with van der Waals surface area (Å²) in [5.74, 6) is 0.515. The van der Waals surface area contributed by atoms with E-state index < -0.39 is 0 Å². The SMILES string of the molecule is O=C1NC(SCc2ccccn2)=N/C1=C\c1ccccc1. The number of hydrogen-bond donors (Lipinski definition) is 1. The third-order valence-corrected chi connectivity index (χ3v) is 3.77. The van der Waals surface area contributed by atoms with Gasteiger partial charge in [-0.05, 0) is 23.8 Å². The predicted molar refractivity (Wildman–Crippen MR) is 85.5 cm³/mol. The second kappa shape index (κ2) is 6.37. The van der Waals surface area contributed by atoms with Crippen molar-refractivity contribution in [2.75, 3.05) is 0 Å². The molecular weight excluding hydrogens is 282 g/mol. The number of amidine groups is 1. The van der Waals surface area contributed by atoms with Crippen LogP contribution in [0, 0.1) is 0 Å². The van der Waals surface area contributed by atoms with E-state index in [1.165, 1.54) is 11.8 Å². The highest BCUT2D eigenvalue weighted by Gasteiger charge is 2.20. The first-order valence-corrected chi connectivity index (χ1v) is 7.49. The highest BCUT2D eigenvalue weighted by atomic mass is 32.2. The Balaban J connectivity index is 1.69. The van der Waals surface area contributed by atoms with Crippen LogP contribution >= 0.6 is 11.8 Å². The lowest BCUT2D eigenvalue weighted by Crippen LogP contribution is -2.21. The zero-order chi connectivity index (χ0) is 14.5. The maximum absolute atomic E-state index is 11.9. The second-order valence-electron chi connectivity index (χ2n) is 4.42. The van der Waals surface area contributed by atoms with Gasteiger partial charge in [-0.2, -0.15) is 0 Å². The maximum Gasteiger partial charge on any atom is 0.275 e. The molecule has 2 aromatic rings. The van der Waals surface area contributed by atoms with Crippen LogP contribution in [0.25, 0.3) is 6.08 Å². The Kier molecular flexibility index (Phi) is 4.12. The molecule has 1 N–H and O–H groups in total. The Morgan fingerprint density at radius 3 is 2.67 bits per heavy atom. The lowest BCUT2D eigenvalue weighted by atomic mass is 10.2. The van der Waals surface area contributed by atoms with E-state index in [0.29, 0.717) is 16.6 Å². The third kappa shape index (κ3) is 3.58. The van der Waals surface area contributed by atoms with Gasteiger partial charge in [-0.1, -0.05) is 48.2 Å². The molecule has 0 atom stereocenters. The van der Waals surface area contributed by atoms with E-state index in [9.17, 15) is 4.79 Å². The molecule has 0 saturated heterocycles. The molecule has 1 aliphatic heterocycles. The van der Waals surface area contributed by atoms with Gasteiger partial charge in [0, 0.05) is 11.9 Å². The van der Waals surface area contributed by atoms with E-state index in [4.69, 9.17) is 0 Å². The minimum atomic E-state index is -0.164. The van der Waals surface area contributed by atoms with Gasteiger partial charge in [0.2, 0.25) is 0 Å². The Bertz CT molecular complexity index is 696. The number of nitrogens with zero attached hydrogens (tertiary/aromatic N) is 2. The molecule has 21 heavy (non-hydrogen) atoms. The van der Waals surface area contributed by atoms with Gasteiger partial charge in [0.15, 0.2) is 5.17 Å². The van der Waals surface area contributed by atoms with Crippen molar-refractivity contribution in [2.24, 2.45) is 4.99 Å². The first kappa shape index (κ1) is 13.6. The summed E-state index contributed by atoms with van der Waals surface area (Å²) in [4.78, 5) is 20.5. The molecule has 0 aliphatic carbocycles. The molecule has 0 fully saturated rings. The van der Waals surface area contributed by atoms with Crippen LogP contribution < -0.4 is 5.32 Å². The molecule has 0 spiro atoms. The first-order valence-electron chi connectivity index (χ1n) is 6.51. The summed E-state index contributed by atoms with van der Waals surface area (Å²) < 4.78 is 0. The average Bonchev–Trinajstić information content (AvgIpc) is 2.87. The van der Waals surface area contributed by atoms with E-state index in [1.54, 1.807) is 12.3 Å². The predicted octanol–water partition coefficient (Wildman–Crippen LogP) is 2.84. The largest absolute Gasteiger partial charge is 0.300 e. The number of thioether (sulfide) groups is 1. The number of pyridine rings is 1. The van der Waals surface area contributed by atoms with Gasteiger partial charge < -0.3 is 0 Å². The third-order valence-electron chi connectivity index (χ3n) is 2.86. The maximum atomic E-state index is 11.9. The number of nitrogens with one attached hydrogen (secondary N) is 1. The molecule has 3 rings (SSSR count). The van der Waals surface area contributed by atoms with Crippen molar-refractivity contribution < 1.29 is 4.79 Å². The van der Waals surface area contributed by atoms with Crippen molar-refractivity contribution in [3.05, 3.63) is 71.7 Å². The molecule has 2 heterocycles. The normalized spacial score (nSPS) is 15.9. The number of carbonyl (C=O) groups is 1. The fraction of sp³-hybridized carbons (Fsp3) is 0.0625. The zero-order valence-electron chi connectivity index (χ0n) is 11.2. The van der Waals surface area contributed by atoms with Crippen LogP contribution in [0.4, 0.5) is 0 Å². The first-order chi connectivity index (χ1) is 10.3. The standard InChI is InChI=1S/C16H13N3OS/c20-15-14(10-12-6-2-1-3-7-12)18-16(19-15)21-11-13-8-4-5-9-17-13/h1-10H,11H2,(H,18,19,20)/b14-10-. The van der Waals surface area contributed by atoms with Gasteiger partial charge in [0.1, 0.15) is 5.70 Å². The van der Waals surface area contributed by atoms with Crippen LogP contribution in [-0.4, -0.2) is 16.1 Å². The summed E-state index contributed by atoms with van der Waals surface area (Å²) in [6.07, 6.45) is 3.54. The second-order valence-corrected chi connectivity index (χ2v) is 5.39. The molecule has 1 amide bonds. The van der Waals surface area contributed by atoms with Crippen molar-refractivity contribution in [3.63, 3.8) is 0 Å². The lowest BCUT2D eigenvalue weighted by Gasteiger charge is -1.99. The summed E-state index contributed by atoms with van der Waals surface area (Å²) in [5, 5.41) is 3.39. The molecule has 0 unspecified atom stereocenters. The molecule has 104 valence electrons.